The van der Waals surface area contributed by atoms with Gasteiger partial charge in [-0.3, -0.25) is 0 Å². The van der Waals surface area contributed by atoms with Crippen molar-refractivity contribution in [2.24, 2.45) is 11.8 Å². The second kappa shape index (κ2) is 14.0. The van der Waals surface area contributed by atoms with Crippen LogP contribution >= 0.6 is 0 Å². The van der Waals surface area contributed by atoms with Crippen molar-refractivity contribution in [2.75, 3.05) is 46.3 Å². The van der Waals surface area contributed by atoms with Gasteiger partial charge in [0.25, 0.3) is 0 Å². The molecule has 36 heavy (non-hydrogen) atoms. The molecule has 1 aromatic heterocycles. The number of aryl methyl sites for hydroxylation is 2. The molecule has 0 aliphatic heterocycles. The van der Waals surface area contributed by atoms with Crippen molar-refractivity contribution in [2.45, 2.75) is 52.4 Å². The summed E-state index contributed by atoms with van der Waals surface area (Å²) in [6.45, 7) is 6.55. The Morgan fingerprint density at radius 2 is 1.72 bits per heavy atom. The average Bonchev–Trinajstić information content (AvgIpc) is 2.89. The van der Waals surface area contributed by atoms with Gasteiger partial charge in [0.05, 0.1) is 19.7 Å². The number of benzene rings is 2. The highest BCUT2D eigenvalue weighted by Gasteiger charge is 2.17. The molecule has 0 saturated heterocycles. The number of para-hydroxylation sites is 1. The predicted octanol–water partition coefficient (Wildman–Crippen LogP) is 6.06. The van der Waals surface area contributed by atoms with Crippen molar-refractivity contribution in [3.8, 4) is 11.5 Å². The number of hydrogen-bond acceptors (Lipinski definition) is 6. The molecule has 1 aliphatic carbocycles. The van der Waals surface area contributed by atoms with Crippen molar-refractivity contribution >= 4 is 16.7 Å². The minimum atomic E-state index is 0.812. The molecule has 0 unspecified atom stereocenters. The lowest BCUT2D eigenvalue weighted by Gasteiger charge is -2.26. The van der Waals surface area contributed by atoms with E-state index in [0.29, 0.717) is 0 Å². The Balaban J connectivity index is 0.000000221. The average molecular weight is 493 g/mol. The molecular formula is C30H44N4O2. The predicted molar refractivity (Wildman–Crippen MR) is 150 cm³/mol. The van der Waals surface area contributed by atoms with Crippen LogP contribution in [0.25, 0.3) is 10.9 Å². The molecule has 6 nitrogen and oxygen atoms in total. The number of aromatic nitrogens is 2. The number of fused-ring (bicyclic) bond motifs is 1. The van der Waals surface area contributed by atoms with Crippen LogP contribution in [0.5, 0.6) is 11.5 Å². The summed E-state index contributed by atoms with van der Waals surface area (Å²) >= 11 is 0. The molecule has 4 rings (SSSR count). The number of nitrogens with one attached hydrogen (secondary N) is 1. The first-order valence-corrected chi connectivity index (χ1v) is 13.2. The molecule has 0 radical (unpaired) electrons. The Bertz CT molecular complexity index is 1080. The van der Waals surface area contributed by atoms with Gasteiger partial charge in [0.2, 0.25) is 0 Å². The first kappa shape index (κ1) is 27.7. The lowest BCUT2D eigenvalue weighted by atomic mass is 9.83. The largest absolute Gasteiger partial charge is 0.497 e. The van der Waals surface area contributed by atoms with E-state index in [4.69, 9.17) is 9.47 Å². The second-order valence-electron chi connectivity index (χ2n) is 10.1. The number of nitrogens with zero attached hydrogens (tertiary/aromatic N) is 3. The van der Waals surface area contributed by atoms with Gasteiger partial charge in [-0.05, 0) is 93.4 Å². The minimum Gasteiger partial charge on any atom is -0.497 e. The van der Waals surface area contributed by atoms with E-state index in [0.717, 1.165) is 65.3 Å². The summed E-state index contributed by atoms with van der Waals surface area (Å²) in [7, 11) is 7.42. The van der Waals surface area contributed by atoms with Gasteiger partial charge in [-0.25, -0.2) is 9.97 Å². The number of rotatable bonds is 9. The lowest BCUT2D eigenvalue weighted by Crippen LogP contribution is -2.27. The number of ether oxygens (including phenoxy) is 2. The van der Waals surface area contributed by atoms with E-state index < -0.39 is 0 Å². The van der Waals surface area contributed by atoms with E-state index in [1.807, 2.05) is 62.3 Å². The van der Waals surface area contributed by atoms with Gasteiger partial charge < -0.3 is 19.7 Å². The topological polar surface area (TPSA) is 59.5 Å². The van der Waals surface area contributed by atoms with Crippen molar-refractivity contribution in [1.82, 2.24) is 15.3 Å². The maximum Gasteiger partial charge on any atom is 0.139 e. The zero-order valence-corrected chi connectivity index (χ0v) is 23.0. The fraction of sp³-hybridized carbons (Fsp3) is 0.533. The molecule has 1 N–H and O–H groups in total. The highest BCUT2D eigenvalue weighted by molar-refractivity contribution is 5.89. The van der Waals surface area contributed by atoms with Crippen LogP contribution in [0.2, 0.25) is 0 Å². The molecule has 1 saturated carbocycles. The third-order valence-corrected chi connectivity index (χ3v) is 6.97. The van der Waals surface area contributed by atoms with Crippen LogP contribution in [-0.4, -0.2) is 51.4 Å². The van der Waals surface area contributed by atoms with Crippen LogP contribution in [0.15, 0.2) is 42.5 Å². The van der Waals surface area contributed by atoms with Crippen LogP contribution in [-0.2, 0) is 6.42 Å². The molecule has 1 fully saturated rings. The Kier molecular flexibility index (Phi) is 10.8. The number of methoxy groups -OCH3 is 2. The van der Waals surface area contributed by atoms with Crippen LogP contribution in [0.4, 0.5) is 5.82 Å². The Morgan fingerprint density at radius 1 is 0.972 bits per heavy atom. The third kappa shape index (κ3) is 8.09. The Labute approximate surface area is 217 Å². The molecule has 6 heteroatoms. The Hall–Kier alpha value is -2.86. The first-order valence-electron chi connectivity index (χ1n) is 13.2. The molecule has 0 amide bonds. The summed E-state index contributed by atoms with van der Waals surface area (Å²) in [5.74, 6) is 5.49. The normalized spacial score (nSPS) is 17.3. The minimum absolute atomic E-state index is 0.812. The number of hydrogen-bond donors (Lipinski definition) is 1. The van der Waals surface area contributed by atoms with E-state index in [1.54, 1.807) is 14.2 Å². The van der Waals surface area contributed by atoms with Gasteiger partial charge in [-0.15, -0.1) is 0 Å². The third-order valence-electron chi connectivity index (χ3n) is 6.97. The standard InChI is InChI=1S/C19H31NO2.C11H13N3/c1-15-6-8-16(9-7-15)14-20-12-4-5-17-13-18(21-2)10-11-19(17)22-3;1-8-12-10-7-5-4-6-9(10)11(13-8)14(2)3/h10-11,13,15-16,20H,4-9,12,14H2,1-3H3;4-7H,1-3H3. The maximum atomic E-state index is 5.43. The zero-order valence-electron chi connectivity index (χ0n) is 23.0. The molecule has 1 heterocycles. The highest BCUT2D eigenvalue weighted by atomic mass is 16.5. The summed E-state index contributed by atoms with van der Waals surface area (Å²) in [4.78, 5) is 10.8. The van der Waals surface area contributed by atoms with Gasteiger partial charge in [0.1, 0.15) is 23.1 Å². The zero-order chi connectivity index (χ0) is 25.9. The van der Waals surface area contributed by atoms with E-state index in [2.05, 4.69) is 28.3 Å². The summed E-state index contributed by atoms with van der Waals surface area (Å²) in [5.41, 5.74) is 2.24. The van der Waals surface area contributed by atoms with Gasteiger partial charge in [0.15, 0.2) is 0 Å². The molecule has 1 aliphatic rings. The summed E-state index contributed by atoms with van der Waals surface area (Å²) in [6, 6.07) is 14.1. The van der Waals surface area contributed by atoms with Gasteiger partial charge in [-0.1, -0.05) is 31.9 Å². The smallest absolute Gasteiger partial charge is 0.139 e. The SMILES string of the molecule is COc1ccc(OC)c(CCCNCC2CCC(C)CC2)c1.Cc1nc(N(C)C)c2ccccc2n1. The summed E-state index contributed by atoms with van der Waals surface area (Å²) in [5, 5.41) is 4.73. The van der Waals surface area contributed by atoms with Crippen LogP contribution in [0.3, 0.4) is 0 Å². The fourth-order valence-electron chi connectivity index (χ4n) is 4.83. The molecule has 196 valence electrons. The van der Waals surface area contributed by atoms with Gasteiger partial charge in [-0.2, -0.15) is 0 Å². The molecule has 0 atom stereocenters. The first-order chi connectivity index (χ1) is 17.4. The Morgan fingerprint density at radius 3 is 2.42 bits per heavy atom. The van der Waals surface area contributed by atoms with Crippen LogP contribution in [0, 0.1) is 18.8 Å². The molecule has 2 aromatic carbocycles. The maximum absolute atomic E-state index is 5.43. The molecule has 3 aromatic rings. The monoisotopic (exact) mass is 492 g/mol. The van der Waals surface area contributed by atoms with E-state index >= 15 is 0 Å². The van der Waals surface area contributed by atoms with Gasteiger partial charge >= 0.3 is 0 Å². The van der Waals surface area contributed by atoms with Crippen molar-refractivity contribution in [3.05, 3.63) is 53.9 Å². The van der Waals surface area contributed by atoms with E-state index in [-0.39, 0.29) is 0 Å². The molecule has 0 bridgehead atoms. The van der Waals surface area contributed by atoms with Crippen molar-refractivity contribution in [1.29, 1.82) is 0 Å². The number of anilines is 1. The quantitative estimate of drug-likeness (QED) is 0.367. The van der Waals surface area contributed by atoms with Crippen molar-refractivity contribution < 1.29 is 9.47 Å². The lowest BCUT2D eigenvalue weighted by molar-refractivity contribution is 0.282. The summed E-state index contributed by atoms with van der Waals surface area (Å²) < 4.78 is 10.7. The molecular weight excluding hydrogens is 448 g/mol. The van der Waals surface area contributed by atoms with E-state index in [1.165, 1.54) is 37.8 Å². The van der Waals surface area contributed by atoms with E-state index in [9.17, 15) is 0 Å². The second-order valence-corrected chi connectivity index (χ2v) is 10.1. The van der Waals surface area contributed by atoms with Gasteiger partial charge in [0, 0.05) is 19.5 Å². The highest BCUT2D eigenvalue weighted by Crippen LogP contribution is 2.28. The van der Waals surface area contributed by atoms with Crippen LogP contribution in [0.1, 0.15) is 50.4 Å². The fourth-order valence-corrected chi connectivity index (χ4v) is 4.83. The summed E-state index contributed by atoms with van der Waals surface area (Å²) in [6.07, 6.45) is 7.78. The van der Waals surface area contributed by atoms with Crippen molar-refractivity contribution in [3.63, 3.8) is 0 Å². The molecule has 0 spiro atoms. The van der Waals surface area contributed by atoms with Crippen LogP contribution < -0.4 is 19.7 Å².